The highest BCUT2D eigenvalue weighted by molar-refractivity contribution is 6.42. The average molecular weight is 237 g/mol. The van der Waals surface area contributed by atoms with Crippen molar-refractivity contribution in [3.8, 4) is 0 Å². The molecule has 0 amide bonds. The summed E-state index contributed by atoms with van der Waals surface area (Å²) in [4.78, 5) is 0. The van der Waals surface area contributed by atoms with Gasteiger partial charge in [-0.1, -0.05) is 23.2 Å². The van der Waals surface area contributed by atoms with Crippen LogP contribution in [0, 0.1) is 5.82 Å². The highest BCUT2D eigenvalue weighted by Crippen LogP contribution is 2.32. The Morgan fingerprint density at radius 2 is 1.86 bits per heavy atom. The molecule has 0 radical (unpaired) electrons. The summed E-state index contributed by atoms with van der Waals surface area (Å²) in [6, 6.07) is 1.57. The highest BCUT2D eigenvalue weighted by Gasteiger charge is 2.20. The van der Waals surface area contributed by atoms with E-state index in [2.05, 4.69) is 0 Å². The SMILES string of the molecule is C[C@H](N)[C@@H](N)c1c(F)ccc(Cl)c1Cl. The van der Waals surface area contributed by atoms with Crippen LogP contribution in [0.5, 0.6) is 0 Å². The molecule has 2 nitrogen and oxygen atoms in total. The summed E-state index contributed by atoms with van der Waals surface area (Å²) in [7, 11) is 0. The van der Waals surface area contributed by atoms with Crippen LogP contribution in [0.25, 0.3) is 0 Å². The molecule has 5 heteroatoms. The van der Waals surface area contributed by atoms with E-state index < -0.39 is 11.9 Å². The van der Waals surface area contributed by atoms with Crippen molar-refractivity contribution in [2.24, 2.45) is 11.5 Å². The lowest BCUT2D eigenvalue weighted by Crippen LogP contribution is -2.32. The fraction of sp³-hybridized carbons (Fsp3) is 0.333. The van der Waals surface area contributed by atoms with Gasteiger partial charge in [0.2, 0.25) is 0 Å². The van der Waals surface area contributed by atoms with Crippen LogP contribution in [0.3, 0.4) is 0 Å². The first-order valence-corrected chi connectivity index (χ1v) is 4.85. The second-order valence-corrected chi connectivity index (χ2v) is 3.93. The van der Waals surface area contributed by atoms with Crippen molar-refractivity contribution in [1.29, 1.82) is 0 Å². The Morgan fingerprint density at radius 1 is 1.29 bits per heavy atom. The maximum absolute atomic E-state index is 13.4. The highest BCUT2D eigenvalue weighted by atomic mass is 35.5. The summed E-state index contributed by atoms with van der Waals surface area (Å²) >= 11 is 11.6. The molecule has 0 saturated heterocycles. The first kappa shape index (κ1) is 11.7. The fourth-order valence-electron chi connectivity index (χ4n) is 1.11. The van der Waals surface area contributed by atoms with Gasteiger partial charge >= 0.3 is 0 Å². The molecule has 1 aromatic rings. The zero-order valence-electron chi connectivity index (χ0n) is 7.60. The van der Waals surface area contributed by atoms with E-state index in [1.807, 2.05) is 0 Å². The molecule has 0 fully saturated rings. The molecule has 2 atom stereocenters. The number of hydrogen-bond acceptors (Lipinski definition) is 2. The van der Waals surface area contributed by atoms with Crippen molar-refractivity contribution < 1.29 is 4.39 Å². The zero-order valence-corrected chi connectivity index (χ0v) is 9.11. The van der Waals surface area contributed by atoms with Gasteiger partial charge in [-0.15, -0.1) is 0 Å². The van der Waals surface area contributed by atoms with Crippen molar-refractivity contribution in [1.82, 2.24) is 0 Å². The predicted molar refractivity (Wildman–Crippen MR) is 57.0 cm³/mol. The van der Waals surface area contributed by atoms with Crippen LogP contribution in [0.2, 0.25) is 10.0 Å². The first-order chi connectivity index (χ1) is 6.45. The normalized spacial score (nSPS) is 15.3. The minimum absolute atomic E-state index is 0.136. The average Bonchev–Trinajstić information content (AvgIpc) is 2.12. The molecule has 0 heterocycles. The predicted octanol–water partition coefficient (Wildman–Crippen LogP) is 2.48. The van der Waals surface area contributed by atoms with Crippen LogP contribution in [-0.4, -0.2) is 6.04 Å². The van der Waals surface area contributed by atoms with Crippen LogP contribution >= 0.6 is 23.2 Å². The molecule has 0 saturated carbocycles. The lowest BCUT2D eigenvalue weighted by molar-refractivity contribution is 0.536. The molecule has 0 aromatic heterocycles. The molecule has 4 N–H and O–H groups in total. The Hall–Kier alpha value is -0.350. The number of nitrogens with two attached hydrogens (primary N) is 2. The van der Waals surface area contributed by atoms with Gasteiger partial charge in [0, 0.05) is 17.6 Å². The van der Waals surface area contributed by atoms with Gasteiger partial charge in [0.25, 0.3) is 0 Å². The lowest BCUT2D eigenvalue weighted by Gasteiger charge is -2.18. The first-order valence-electron chi connectivity index (χ1n) is 4.09. The summed E-state index contributed by atoms with van der Waals surface area (Å²) < 4.78 is 13.4. The molecule has 0 bridgehead atoms. The van der Waals surface area contributed by atoms with Gasteiger partial charge in [-0.2, -0.15) is 0 Å². The molecular formula is C9H11Cl2FN2. The monoisotopic (exact) mass is 236 g/mol. The molecule has 14 heavy (non-hydrogen) atoms. The molecule has 0 aliphatic heterocycles. The molecule has 0 aliphatic carbocycles. The summed E-state index contributed by atoms with van der Waals surface area (Å²) in [6.07, 6.45) is 0. The quantitative estimate of drug-likeness (QED) is 0.776. The third-order valence-electron chi connectivity index (χ3n) is 1.98. The van der Waals surface area contributed by atoms with Crippen LogP contribution in [0.1, 0.15) is 18.5 Å². The number of benzene rings is 1. The summed E-state index contributed by atoms with van der Waals surface area (Å²) in [6.45, 7) is 1.68. The van der Waals surface area contributed by atoms with Crippen LogP contribution < -0.4 is 11.5 Å². The van der Waals surface area contributed by atoms with Gasteiger partial charge in [0.1, 0.15) is 5.82 Å². The van der Waals surface area contributed by atoms with Gasteiger partial charge in [0.15, 0.2) is 0 Å². The Kier molecular flexibility index (Phi) is 3.72. The van der Waals surface area contributed by atoms with E-state index in [4.69, 9.17) is 34.7 Å². The van der Waals surface area contributed by atoms with E-state index in [0.717, 1.165) is 0 Å². The van der Waals surface area contributed by atoms with Crippen molar-refractivity contribution in [2.75, 3.05) is 0 Å². The fourth-order valence-corrected chi connectivity index (χ4v) is 1.56. The smallest absolute Gasteiger partial charge is 0.129 e. The Bertz CT molecular complexity index is 342. The van der Waals surface area contributed by atoms with Crippen molar-refractivity contribution >= 4 is 23.2 Å². The van der Waals surface area contributed by atoms with Crippen molar-refractivity contribution in [3.63, 3.8) is 0 Å². The summed E-state index contributed by atoms with van der Waals surface area (Å²) in [5, 5.41) is 0.413. The van der Waals surface area contributed by atoms with Gasteiger partial charge in [-0.05, 0) is 19.1 Å². The summed E-state index contributed by atoms with van der Waals surface area (Å²) in [5.41, 5.74) is 11.4. The van der Waals surface area contributed by atoms with E-state index in [1.54, 1.807) is 6.92 Å². The second-order valence-electron chi connectivity index (χ2n) is 3.14. The molecule has 0 unspecified atom stereocenters. The van der Waals surface area contributed by atoms with E-state index in [-0.39, 0.29) is 21.7 Å². The standard InChI is InChI=1S/C9H11Cl2FN2/c1-4(13)9(14)7-6(12)3-2-5(10)8(7)11/h2-4,9H,13-14H2,1H3/t4-,9+/m0/s1. The number of halogens is 3. The van der Waals surface area contributed by atoms with E-state index >= 15 is 0 Å². The molecule has 78 valence electrons. The minimum atomic E-state index is -0.652. The van der Waals surface area contributed by atoms with Crippen LogP contribution in [-0.2, 0) is 0 Å². The Labute approximate surface area is 92.0 Å². The second kappa shape index (κ2) is 4.45. The van der Waals surface area contributed by atoms with Gasteiger partial charge in [0.05, 0.1) is 10.0 Å². The largest absolute Gasteiger partial charge is 0.326 e. The van der Waals surface area contributed by atoms with Crippen molar-refractivity contribution in [2.45, 2.75) is 19.0 Å². The van der Waals surface area contributed by atoms with E-state index in [1.165, 1.54) is 12.1 Å². The molecule has 0 spiro atoms. The molecule has 1 rings (SSSR count). The molecule has 0 aliphatic rings. The third-order valence-corrected chi connectivity index (χ3v) is 2.80. The van der Waals surface area contributed by atoms with E-state index in [9.17, 15) is 4.39 Å². The lowest BCUT2D eigenvalue weighted by atomic mass is 10.0. The topological polar surface area (TPSA) is 52.0 Å². The van der Waals surface area contributed by atoms with Crippen LogP contribution in [0.4, 0.5) is 4.39 Å². The number of hydrogen-bond donors (Lipinski definition) is 2. The maximum Gasteiger partial charge on any atom is 0.129 e. The Morgan fingerprint density at radius 3 is 2.36 bits per heavy atom. The van der Waals surface area contributed by atoms with Gasteiger partial charge < -0.3 is 11.5 Å². The zero-order chi connectivity index (χ0) is 10.9. The van der Waals surface area contributed by atoms with Crippen LogP contribution in [0.15, 0.2) is 12.1 Å². The Balaban J connectivity index is 3.25. The maximum atomic E-state index is 13.4. The third kappa shape index (κ3) is 2.17. The summed E-state index contributed by atoms with van der Waals surface area (Å²) in [5.74, 6) is -0.482. The minimum Gasteiger partial charge on any atom is -0.326 e. The molecule has 1 aromatic carbocycles. The van der Waals surface area contributed by atoms with Gasteiger partial charge in [-0.3, -0.25) is 0 Å². The number of rotatable bonds is 2. The molecular weight excluding hydrogens is 226 g/mol. The van der Waals surface area contributed by atoms with E-state index in [0.29, 0.717) is 0 Å². The van der Waals surface area contributed by atoms with Crippen molar-refractivity contribution in [3.05, 3.63) is 33.6 Å². The van der Waals surface area contributed by atoms with Gasteiger partial charge in [-0.25, -0.2) is 4.39 Å².